The number of benzene rings is 10. The van der Waals surface area contributed by atoms with Gasteiger partial charge in [-0.25, -0.2) is 0 Å². The Kier molecular flexibility index (Phi) is 8.13. The molecule has 0 saturated carbocycles. The molecule has 2 aliphatic rings. The maximum atomic E-state index is 7.24. The smallest absolute Gasteiger partial charge is 0.135 e. The largest absolute Gasteiger partial charge is 0.459 e. The predicted molar refractivity (Wildman–Crippen MR) is 265 cm³/mol. The van der Waals surface area contributed by atoms with E-state index in [1.165, 1.54) is 60.8 Å². The van der Waals surface area contributed by atoms with Crippen molar-refractivity contribution < 1.29 is 4.42 Å². The van der Waals surface area contributed by atoms with Crippen LogP contribution in [0.15, 0.2) is 247 Å². The van der Waals surface area contributed by atoms with Crippen LogP contribution < -0.4 is 9.80 Å². The summed E-state index contributed by atoms with van der Waals surface area (Å²) in [5, 5.41) is 3.62. The molecule has 1 heterocycles. The summed E-state index contributed by atoms with van der Waals surface area (Å²) < 4.78 is 7.24. The molecule has 0 aliphatic heterocycles. The van der Waals surface area contributed by atoms with Crippen molar-refractivity contribution in [3.05, 3.63) is 265 Å². The van der Waals surface area contributed by atoms with E-state index in [9.17, 15) is 0 Å². The number of fused-ring (bicyclic) bond motifs is 13. The van der Waals surface area contributed by atoms with E-state index in [0.717, 1.165) is 50.9 Å². The van der Waals surface area contributed by atoms with Crippen LogP contribution in [0.1, 0.15) is 22.5 Å². The summed E-state index contributed by atoms with van der Waals surface area (Å²) in [4.78, 5) is 4.76. The lowest BCUT2D eigenvalue weighted by molar-refractivity contribution is 0.507. The number of rotatable bonds is 7. The van der Waals surface area contributed by atoms with Crippen LogP contribution in [-0.2, 0) is 5.41 Å². The first-order chi connectivity index (χ1) is 31.8. The van der Waals surface area contributed by atoms with Crippen LogP contribution in [0.25, 0.3) is 55.1 Å². The highest BCUT2D eigenvalue weighted by molar-refractivity contribution is 6.05. The van der Waals surface area contributed by atoms with Crippen molar-refractivity contribution in [3.63, 3.8) is 0 Å². The Balaban J connectivity index is 1.05. The molecular weight excluding hydrogens is 777 g/mol. The SMILES string of the molecule is c1ccc(N(c2ccc(-c3cccc4ccccc34)cc2)c2ccc3c(c2)C2(c4ccccc4-3)c3cc(N(c4ccccc4)c4ccccc4)ccc3-c3c2oc2ccccc32)cc1. The second kappa shape index (κ2) is 14.3. The van der Waals surface area contributed by atoms with Crippen LogP contribution in [0, 0.1) is 0 Å². The number of hydrogen-bond donors (Lipinski definition) is 0. The third kappa shape index (κ3) is 5.34. The van der Waals surface area contributed by atoms with E-state index in [1.807, 2.05) is 0 Å². The highest BCUT2D eigenvalue weighted by Gasteiger charge is 2.55. The highest BCUT2D eigenvalue weighted by Crippen LogP contribution is 2.65. The van der Waals surface area contributed by atoms with Gasteiger partial charge in [-0.15, -0.1) is 0 Å². The van der Waals surface area contributed by atoms with Gasteiger partial charge in [0.2, 0.25) is 0 Å². The van der Waals surface area contributed by atoms with Gasteiger partial charge in [0.05, 0.1) is 0 Å². The van der Waals surface area contributed by atoms with Gasteiger partial charge in [0, 0.05) is 45.1 Å². The minimum atomic E-state index is -0.735. The van der Waals surface area contributed by atoms with Crippen molar-refractivity contribution in [2.75, 3.05) is 9.80 Å². The molecule has 0 N–H and O–H groups in total. The van der Waals surface area contributed by atoms with Gasteiger partial charge in [0.25, 0.3) is 0 Å². The minimum absolute atomic E-state index is 0.735. The van der Waals surface area contributed by atoms with Gasteiger partial charge in [-0.05, 0) is 134 Å². The van der Waals surface area contributed by atoms with Gasteiger partial charge in [0.1, 0.15) is 16.8 Å². The second-order valence-corrected chi connectivity index (χ2v) is 16.8. The van der Waals surface area contributed by atoms with E-state index in [4.69, 9.17) is 4.42 Å². The van der Waals surface area contributed by atoms with Gasteiger partial charge >= 0.3 is 0 Å². The van der Waals surface area contributed by atoms with Gasteiger partial charge in [0.15, 0.2) is 0 Å². The first-order valence-electron chi connectivity index (χ1n) is 22.0. The van der Waals surface area contributed by atoms with E-state index in [-0.39, 0.29) is 0 Å². The summed E-state index contributed by atoms with van der Waals surface area (Å²) >= 11 is 0. The van der Waals surface area contributed by atoms with Crippen LogP contribution in [-0.4, -0.2) is 0 Å². The van der Waals surface area contributed by atoms with E-state index < -0.39 is 5.41 Å². The van der Waals surface area contributed by atoms with Crippen molar-refractivity contribution in [2.24, 2.45) is 0 Å². The molecule has 1 atom stereocenters. The molecule has 0 amide bonds. The van der Waals surface area contributed by atoms with Crippen molar-refractivity contribution in [1.29, 1.82) is 0 Å². The van der Waals surface area contributed by atoms with E-state index in [2.05, 4.69) is 252 Å². The lowest BCUT2D eigenvalue weighted by atomic mass is 9.73. The molecule has 1 aromatic heterocycles. The lowest BCUT2D eigenvalue weighted by Crippen LogP contribution is -2.26. The molecule has 1 unspecified atom stereocenters. The van der Waals surface area contributed by atoms with Gasteiger partial charge in [-0.3, -0.25) is 0 Å². The molecule has 1 spiro atoms. The van der Waals surface area contributed by atoms with Gasteiger partial charge in [-0.2, -0.15) is 0 Å². The maximum absolute atomic E-state index is 7.24. The fourth-order valence-electron chi connectivity index (χ4n) is 10.7. The normalized spacial score (nSPS) is 14.3. The standard InChI is InChI=1S/C61H40N2O/c1-4-19-43(20-5-1)62(44-21-6-2-7-22-44)48-36-38-53-57(40-48)61(60-59(53)54-27-13-15-30-58(54)64-60)55-29-14-12-26-51(55)52-37-35-47(39-56(52)61)63(45-23-8-3-9-24-45)46-33-31-42(32-34-46)50-28-16-18-41-17-10-11-25-49(41)50/h1-40H. The second-order valence-electron chi connectivity index (χ2n) is 16.8. The number of anilines is 6. The summed E-state index contributed by atoms with van der Waals surface area (Å²) in [5.74, 6) is 0.973. The van der Waals surface area contributed by atoms with Crippen molar-refractivity contribution in [2.45, 2.75) is 5.41 Å². The molecule has 11 aromatic rings. The Morgan fingerprint density at radius 3 is 1.45 bits per heavy atom. The maximum Gasteiger partial charge on any atom is 0.135 e. The minimum Gasteiger partial charge on any atom is -0.459 e. The molecule has 0 saturated heterocycles. The van der Waals surface area contributed by atoms with Crippen LogP contribution >= 0.6 is 0 Å². The zero-order chi connectivity index (χ0) is 42.2. The Morgan fingerprint density at radius 2 is 0.781 bits per heavy atom. The first kappa shape index (κ1) is 36.3. The Morgan fingerprint density at radius 1 is 0.312 bits per heavy atom. The quantitative estimate of drug-likeness (QED) is 0.160. The summed E-state index contributed by atoms with van der Waals surface area (Å²) in [6, 6.07) is 87.9. The molecular formula is C61H40N2O. The van der Waals surface area contributed by atoms with Gasteiger partial charge < -0.3 is 14.2 Å². The van der Waals surface area contributed by atoms with E-state index in [0.29, 0.717) is 0 Å². The average Bonchev–Trinajstić information content (AvgIpc) is 3.99. The number of para-hydroxylation sites is 4. The molecule has 10 aromatic carbocycles. The molecule has 2 aliphatic carbocycles. The topological polar surface area (TPSA) is 19.6 Å². The molecule has 0 fully saturated rings. The molecule has 0 bridgehead atoms. The van der Waals surface area contributed by atoms with E-state index >= 15 is 0 Å². The zero-order valence-corrected chi connectivity index (χ0v) is 34.9. The third-order valence-corrected chi connectivity index (χ3v) is 13.4. The summed E-state index contributed by atoms with van der Waals surface area (Å²) in [5.41, 5.74) is 17.6. The average molecular weight is 817 g/mol. The Hall–Kier alpha value is -8.40. The Bertz CT molecular complexity index is 3510. The summed E-state index contributed by atoms with van der Waals surface area (Å²) in [6.07, 6.45) is 0. The molecule has 3 nitrogen and oxygen atoms in total. The molecule has 64 heavy (non-hydrogen) atoms. The molecule has 13 rings (SSSR count). The van der Waals surface area contributed by atoms with Crippen LogP contribution in [0.2, 0.25) is 0 Å². The molecule has 0 radical (unpaired) electrons. The monoisotopic (exact) mass is 816 g/mol. The summed E-state index contributed by atoms with van der Waals surface area (Å²) in [7, 11) is 0. The molecule has 300 valence electrons. The highest BCUT2D eigenvalue weighted by atomic mass is 16.3. The van der Waals surface area contributed by atoms with Crippen molar-refractivity contribution >= 4 is 55.9 Å². The lowest BCUT2D eigenvalue weighted by Gasteiger charge is -2.32. The molecule has 3 heteroatoms. The fraction of sp³-hybridized carbons (Fsp3) is 0.0164. The fourth-order valence-corrected chi connectivity index (χ4v) is 10.7. The van der Waals surface area contributed by atoms with Crippen molar-refractivity contribution in [1.82, 2.24) is 0 Å². The van der Waals surface area contributed by atoms with Crippen LogP contribution in [0.4, 0.5) is 34.1 Å². The summed E-state index contributed by atoms with van der Waals surface area (Å²) in [6.45, 7) is 0. The van der Waals surface area contributed by atoms with Gasteiger partial charge in [-0.1, -0.05) is 164 Å². The van der Waals surface area contributed by atoms with E-state index in [1.54, 1.807) is 0 Å². The van der Waals surface area contributed by atoms with Crippen LogP contribution in [0.3, 0.4) is 0 Å². The van der Waals surface area contributed by atoms with Crippen molar-refractivity contribution in [3.8, 4) is 33.4 Å². The first-order valence-corrected chi connectivity index (χ1v) is 22.0. The number of nitrogens with zero attached hydrogens (tertiary/aromatic N) is 2. The van der Waals surface area contributed by atoms with Crippen LogP contribution in [0.5, 0.6) is 0 Å². The third-order valence-electron chi connectivity index (χ3n) is 13.4. The number of furan rings is 1. The zero-order valence-electron chi connectivity index (χ0n) is 34.9. The predicted octanol–water partition coefficient (Wildman–Crippen LogP) is 16.5. The number of hydrogen-bond acceptors (Lipinski definition) is 3. The Labute approximate surface area is 372 Å².